The van der Waals surface area contributed by atoms with Crippen LogP contribution in [0, 0.1) is 0 Å². The van der Waals surface area contributed by atoms with E-state index in [1.165, 1.54) is 0 Å². The van der Waals surface area contributed by atoms with E-state index in [2.05, 4.69) is 15.0 Å². The third-order valence-electron chi connectivity index (χ3n) is 4.26. The van der Waals surface area contributed by atoms with Crippen LogP contribution >= 0.6 is 11.6 Å². The van der Waals surface area contributed by atoms with Crippen LogP contribution < -0.4 is 0 Å². The summed E-state index contributed by atoms with van der Waals surface area (Å²) in [5, 5.41) is 15.2. The molecule has 0 saturated carbocycles. The number of aromatic nitrogens is 3. The van der Waals surface area contributed by atoms with E-state index >= 15 is 0 Å². The Morgan fingerprint density at radius 3 is 2.95 bits per heavy atom. The maximum Gasteiger partial charge on any atom is 0.0835 e. The van der Waals surface area contributed by atoms with Crippen molar-refractivity contribution < 1.29 is 5.11 Å². The van der Waals surface area contributed by atoms with Crippen LogP contribution in [0.25, 0.3) is 0 Å². The fourth-order valence-corrected chi connectivity index (χ4v) is 3.20. The molecule has 0 amide bonds. The van der Waals surface area contributed by atoms with Gasteiger partial charge in [0.25, 0.3) is 0 Å². The first kappa shape index (κ1) is 15.5. The largest absolute Gasteiger partial charge is 0.388 e. The second-order valence-corrected chi connectivity index (χ2v) is 6.37. The normalized spacial score (nSPS) is 20.4. The highest BCUT2D eigenvalue weighted by molar-refractivity contribution is 6.30. The first-order valence-corrected chi connectivity index (χ1v) is 8.00. The van der Waals surface area contributed by atoms with Crippen molar-refractivity contribution in [3.63, 3.8) is 0 Å². The average molecular weight is 321 g/mol. The predicted molar refractivity (Wildman–Crippen MR) is 85.5 cm³/mol. The van der Waals surface area contributed by atoms with Crippen LogP contribution in [-0.2, 0) is 13.6 Å². The van der Waals surface area contributed by atoms with E-state index in [1.807, 2.05) is 25.4 Å². The Morgan fingerprint density at radius 1 is 1.41 bits per heavy atom. The summed E-state index contributed by atoms with van der Waals surface area (Å²) < 4.78 is 1.72. The number of rotatable bonds is 5. The number of aliphatic hydroxyl groups excluding tert-OH is 1. The summed E-state index contributed by atoms with van der Waals surface area (Å²) in [5.41, 5.74) is 1.91. The van der Waals surface area contributed by atoms with Crippen molar-refractivity contribution in [1.82, 2.24) is 19.7 Å². The lowest BCUT2D eigenvalue weighted by molar-refractivity contribution is 0.117. The number of likely N-dealkylation sites (tertiary alicyclic amines) is 1. The summed E-state index contributed by atoms with van der Waals surface area (Å²) in [7, 11) is 1.87. The topological polar surface area (TPSA) is 54.2 Å². The Labute approximate surface area is 135 Å². The van der Waals surface area contributed by atoms with Crippen LogP contribution in [0.2, 0.25) is 5.02 Å². The van der Waals surface area contributed by atoms with Gasteiger partial charge in [0.05, 0.1) is 23.0 Å². The third-order valence-corrected chi connectivity index (χ3v) is 4.48. The highest BCUT2D eigenvalue weighted by Crippen LogP contribution is 2.28. The predicted octanol–water partition coefficient (Wildman–Crippen LogP) is 2.56. The molecule has 0 bridgehead atoms. The van der Waals surface area contributed by atoms with Crippen LogP contribution in [0.5, 0.6) is 0 Å². The SMILES string of the molecule is Cn1cc(C(O)CC2CCCN2Cc2ccc(Cl)cn2)cn1. The van der Waals surface area contributed by atoms with E-state index in [0.29, 0.717) is 11.1 Å². The quantitative estimate of drug-likeness (QED) is 0.920. The van der Waals surface area contributed by atoms with Crippen molar-refractivity contribution in [3.05, 3.63) is 47.0 Å². The van der Waals surface area contributed by atoms with Gasteiger partial charge in [-0.3, -0.25) is 14.6 Å². The van der Waals surface area contributed by atoms with Crippen LogP contribution in [-0.4, -0.2) is 37.4 Å². The van der Waals surface area contributed by atoms with E-state index in [9.17, 15) is 5.11 Å². The molecule has 2 unspecified atom stereocenters. The van der Waals surface area contributed by atoms with Gasteiger partial charge in [-0.1, -0.05) is 11.6 Å². The van der Waals surface area contributed by atoms with Gasteiger partial charge in [-0.05, 0) is 37.9 Å². The zero-order valence-corrected chi connectivity index (χ0v) is 13.4. The van der Waals surface area contributed by atoms with Gasteiger partial charge in [0, 0.05) is 37.6 Å². The van der Waals surface area contributed by atoms with Crippen molar-refractivity contribution in [2.45, 2.75) is 38.0 Å². The molecule has 0 aliphatic carbocycles. The van der Waals surface area contributed by atoms with E-state index in [0.717, 1.165) is 43.6 Å². The molecule has 6 heteroatoms. The molecule has 2 atom stereocenters. The van der Waals surface area contributed by atoms with Gasteiger partial charge in [0.2, 0.25) is 0 Å². The number of hydrogen-bond donors (Lipinski definition) is 1. The van der Waals surface area contributed by atoms with Gasteiger partial charge in [-0.25, -0.2) is 0 Å². The van der Waals surface area contributed by atoms with Gasteiger partial charge in [0.15, 0.2) is 0 Å². The number of hydrogen-bond acceptors (Lipinski definition) is 4. The van der Waals surface area contributed by atoms with Gasteiger partial charge < -0.3 is 5.11 Å². The van der Waals surface area contributed by atoms with Gasteiger partial charge in [-0.2, -0.15) is 5.10 Å². The summed E-state index contributed by atoms with van der Waals surface area (Å²) in [5.74, 6) is 0. The monoisotopic (exact) mass is 320 g/mol. The number of halogens is 1. The lowest BCUT2D eigenvalue weighted by Crippen LogP contribution is -2.30. The molecule has 5 nitrogen and oxygen atoms in total. The number of aliphatic hydroxyl groups is 1. The molecule has 0 radical (unpaired) electrons. The van der Waals surface area contributed by atoms with Crippen molar-refractivity contribution in [1.29, 1.82) is 0 Å². The fraction of sp³-hybridized carbons (Fsp3) is 0.500. The second-order valence-electron chi connectivity index (χ2n) is 5.93. The molecule has 0 aromatic carbocycles. The molecule has 2 aromatic rings. The second kappa shape index (κ2) is 6.77. The summed E-state index contributed by atoms with van der Waals surface area (Å²) in [6.45, 7) is 1.86. The summed E-state index contributed by atoms with van der Waals surface area (Å²) in [4.78, 5) is 6.77. The zero-order valence-electron chi connectivity index (χ0n) is 12.7. The lowest BCUT2D eigenvalue weighted by Gasteiger charge is -2.25. The van der Waals surface area contributed by atoms with Crippen molar-refractivity contribution in [2.75, 3.05) is 6.54 Å². The molecule has 118 valence electrons. The van der Waals surface area contributed by atoms with E-state index < -0.39 is 6.10 Å². The van der Waals surface area contributed by atoms with Crippen molar-refractivity contribution in [2.24, 2.45) is 7.05 Å². The fourth-order valence-electron chi connectivity index (χ4n) is 3.08. The maximum atomic E-state index is 10.4. The van der Waals surface area contributed by atoms with Gasteiger partial charge in [-0.15, -0.1) is 0 Å². The Hall–Kier alpha value is -1.43. The Bertz CT molecular complexity index is 613. The van der Waals surface area contributed by atoms with Crippen LogP contribution in [0.4, 0.5) is 0 Å². The molecule has 3 rings (SSSR count). The van der Waals surface area contributed by atoms with Crippen molar-refractivity contribution in [3.8, 4) is 0 Å². The first-order valence-electron chi connectivity index (χ1n) is 7.63. The molecular weight excluding hydrogens is 300 g/mol. The first-order chi connectivity index (χ1) is 10.6. The zero-order chi connectivity index (χ0) is 15.5. The average Bonchev–Trinajstić information content (AvgIpc) is 3.11. The minimum atomic E-state index is -0.461. The minimum Gasteiger partial charge on any atom is -0.388 e. The smallest absolute Gasteiger partial charge is 0.0835 e. The minimum absolute atomic E-state index is 0.382. The Balaban J connectivity index is 1.61. The molecule has 1 aliphatic heterocycles. The molecule has 2 aromatic heterocycles. The molecule has 0 spiro atoms. The van der Waals surface area contributed by atoms with Crippen molar-refractivity contribution >= 4 is 11.6 Å². The van der Waals surface area contributed by atoms with E-state index in [1.54, 1.807) is 17.1 Å². The molecule has 1 fully saturated rings. The number of nitrogens with zero attached hydrogens (tertiary/aromatic N) is 4. The number of aryl methyl sites for hydroxylation is 1. The molecule has 1 aliphatic rings. The van der Waals surface area contributed by atoms with Crippen LogP contribution in [0.1, 0.15) is 36.6 Å². The number of pyridine rings is 1. The standard InChI is InChI=1S/C16H21ClN4O/c1-20-10-12(8-19-20)16(22)7-15-3-2-6-21(15)11-14-5-4-13(17)9-18-14/h4-5,8-10,15-16,22H,2-3,6-7,11H2,1H3. The Kier molecular flexibility index (Phi) is 4.76. The lowest BCUT2D eigenvalue weighted by atomic mass is 10.0. The van der Waals surface area contributed by atoms with Gasteiger partial charge in [0.1, 0.15) is 0 Å². The Morgan fingerprint density at radius 2 is 2.27 bits per heavy atom. The van der Waals surface area contributed by atoms with Crippen LogP contribution in [0.15, 0.2) is 30.7 Å². The highest BCUT2D eigenvalue weighted by Gasteiger charge is 2.27. The molecular formula is C16H21ClN4O. The summed E-state index contributed by atoms with van der Waals surface area (Å²) in [6, 6.07) is 4.22. The molecule has 1 saturated heterocycles. The molecule has 1 N–H and O–H groups in total. The molecule has 3 heterocycles. The maximum absolute atomic E-state index is 10.4. The van der Waals surface area contributed by atoms with Crippen LogP contribution in [0.3, 0.4) is 0 Å². The highest BCUT2D eigenvalue weighted by atomic mass is 35.5. The van der Waals surface area contributed by atoms with E-state index in [4.69, 9.17) is 11.6 Å². The summed E-state index contributed by atoms with van der Waals surface area (Å²) in [6.07, 6.45) is 7.86. The van der Waals surface area contributed by atoms with E-state index in [-0.39, 0.29) is 0 Å². The third kappa shape index (κ3) is 3.66. The van der Waals surface area contributed by atoms with Gasteiger partial charge >= 0.3 is 0 Å². The summed E-state index contributed by atoms with van der Waals surface area (Å²) >= 11 is 5.88. The molecule has 22 heavy (non-hydrogen) atoms.